The first-order chi connectivity index (χ1) is 14.2. The number of aliphatic imine (C=N–C) groups is 1. The van der Waals surface area contributed by atoms with Gasteiger partial charge in [-0.15, -0.1) is 0 Å². The van der Waals surface area contributed by atoms with E-state index in [0.717, 1.165) is 50.6 Å². The summed E-state index contributed by atoms with van der Waals surface area (Å²) in [5, 5.41) is 3.37. The number of pyridine rings is 1. The summed E-state index contributed by atoms with van der Waals surface area (Å²) in [6.07, 6.45) is 3.99. The van der Waals surface area contributed by atoms with Crippen LogP contribution in [-0.2, 0) is 11.3 Å². The number of benzene rings is 1. The molecule has 0 radical (unpaired) electrons. The summed E-state index contributed by atoms with van der Waals surface area (Å²) in [6.45, 7) is 7.90. The van der Waals surface area contributed by atoms with Gasteiger partial charge in [0.05, 0.1) is 12.6 Å². The van der Waals surface area contributed by atoms with Gasteiger partial charge in [-0.25, -0.2) is 14.4 Å². The molecule has 1 aromatic heterocycles. The highest BCUT2D eigenvalue weighted by Gasteiger charge is 2.21. The minimum atomic E-state index is -0.345. The molecular formula is C22H29FN4O2. The van der Waals surface area contributed by atoms with Gasteiger partial charge >= 0.3 is 0 Å². The number of rotatable bonds is 7. The number of ether oxygens (including phenoxy) is 2. The maximum atomic E-state index is 13.4. The van der Waals surface area contributed by atoms with Gasteiger partial charge in [0.2, 0.25) is 5.88 Å². The molecule has 0 unspecified atom stereocenters. The molecule has 3 rings (SSSR count). The van der Waals surface area contributed by atoms with E-state index in [-0.39, 0.29) is 5.82 Å². The lowest BCUT2D eigenvalue weighted by molar-refractivity contribution is 0.0263. The van der Waals surface area contributed by atoms with E-state index >= 15 is 0 Å². The standard InChI is InChI=1S/C22H29FN4O2/c1-3-24-22(27-13-10-19(11-14-27)28-4-2)26-16-17-7-6-12-25-21(17)29-20-9-5-8-18(23)15-20/h5-9,12,15,19H,3-4,10-11,13-14,16H2,1-2H3,(H,24,26). The van der Waals surface area contributed by atoms with E-state index in [9.17, 15) is 4.39 Å². The van der Waals surface area contributed by atoms with Crippen LogP contribution in [0.1, 0.15) is 32.3 Å². The highest BCUT2D eigenvalue weighted by atomic mass is 19.1. The molecule has 2 heterocycles. The number of hydrogen-bond acceptors (Lipinski definition) is 4. The molecule has 156 valence electrons. The van der Waals surface area contributed by atoms with E-state index in [4.69, 9.17) is 14.5 Å². The van der Waals surface area contributed by atoms with E-state index in [1.54, 1.807) is 18.3 Å². The number of guanidine groups is 1. The number of likely N-dealkylation sites (tertiary alicyclic amines) is 1. The zero-order valence-corrected chi connectivity index (χ0v) is 17.1. The topological polar surface area (TPSA) is 59.0 Å². The predicted octanol–water partition coefficient (Wildman–Crippen LogP) is 3.98. The maximum Gasteiger partial charge on any atom is 0.224 e. The molecule has 1 fully saturated rings. The molecule has 1 N–H and O–H groups in total. The quantitative estimate of drug-likeness (QED) is 0.563. The Kier molecular flexibility index (Phi) is 7.81. The van der Waals surface area contributed by atoms with Crippen LogP contribution in [0, 0.1) is 5.82 Å². The molecule has 7 heteroatoms. The Labute approximate surface area is 171 Å². The molecule has 1 saturated heterocycles. The number of aromatic nitrogens is 1. The Balaban J connectivity index is 1.69. The van der Waals surface area contributed by atoms with Gasteiger partial charge in [0.1, 0.15) is 11.6 Å². The molecule has 1 aliphatic rings. The lowest BCUT2D eigenvalue weighted by atomic mass is 10.1. The SMILES string of the molecule is CCNC(=NCc1cccnc1Oc1cccc(F)c1)N1CCC(OCC)CC1. The third-order valence-electron chi connectivity index (χ3n) is 4.74. The largest absolute Gasteiger partial charge is 0.439 e. The molecule has 1 aliphatic heterocycles. The minimum absolute atomic E-state index is 0.337. The molecule has 0 saturated carbocycles. The molecular weight excluding hydrogens is 371 g/mol. The Morgan fingerprint density at radius 3 is 2.79 bits per heavy atom. The predicted molar refractivity (Wildman–Crippen MR) is 112 cm³/mol. The van der Waals surface area contributed by atoms with Gasteiger partial charge in [-0.3, -0.25) is 0 Å². The van der Waals surface area contributed by atoms with Crippen LogP contribution in [0.3, 0.4) is 0 Å². The smallest absolute Gasteiger partial charge is 0.224 e. The molecule has 1 aromatic carbocycles. The molecule has 0 amide bonds. The second-order valence-electron chi connectivity index (χ2n) is 6.84. The van der Waals surface area contributed by atoms with Crippen LogP contribution in [0.2, 0.25) is 0 Å². The molecule has 0 atom stereocenters. The van der Waals surface area contributed by atoms with Crippen molar-refractivity contribution in [3.8, 4) is 11.6 Å². The van der Waals surface area contributed by atoms with Gasteiger partial charge in [0.25, 0.3) is 0 Å². The van der Waals surface area contributed by atoms with Crippen molar-refractivity contribution in [1.82, 2.24) is 15.2 Å². The van der Waals surface area contributed by atoms with Crippen LogP contribution in [0.25, 0.3) is 0 Å². The molecule has 2 aromatic rings. The summed E-state index contributed by atoms with van der Waals surface area (Å²) >= 11 is 0. The third kappa shape index (κ3) is 6.15. The Morgan fingerprint density at radius 1 is 1.24 bits per heavy atom. The molecule has 0 aliphatic carbocycles. The van der Waals surface area contributed by atoms with Crippen molar-refractivity contribution in [2.45, 2.75) is 39.3 Å². The Hall–Kier alpha value is -2.67. The van der Waals surface area contributed by atoms with Crippen molar-refractivity contribution >= 4 is 5.96 Å². The van der Waals surface area contributed by atoms with E-state index in [1.165, 1.54) is 12.1 Å². The third-order valence-corrected chi connectivity index (χ3v) is 4.74. The van der Waals surface area contributed by atoms with Crippen LogP contribution in [0.5, 0.6) is 11.6 Å². The van der Waals surface area contributed by atoms with Crippen LogP contribution in [0.4, 0.5) is 4.39 Å². The van der Waals surface area contributed by atoms with Gasteiger partial charge in [0, 0.05) is 44.1 Å². The number of halogens is 1. The average Bonchev–Trinajstić information content (AvgIpc) is 2.73. The highest BCUT2D eigenvalue weighted by Crippen LogP contribution is 2.24. The number of hydrogen-bond donors (Lipinski definition) is 1. The van der Waals surface area contributed by atoms with Gasteiger partial charge in [-0.2, -0.15) is 0 Å². The summed E-state index contributed by atoms with van der Waals surface area (Å²) < 4.78 is 25.0. The number of nitrogens with one attached hydrogen (secondary N) is 1. The van der Waals surface area contributed by atoms with Crippen molar-refractivity contribution in [3.05, 3.63) is 54.0 Å². The lowest BCUT2D eigenvalue weighted by Crippen LogP contribution is -2.47. The summed E-state index contributed by atoms with van der Waals surface area (Å²) in [5.41, 5.74) is 0.844. The van der Waals surface area contributed by atoms with E-state index in [0.29, 0.717) is 24.3 Å². The minimum Gasteiger partial charge on any atom is -0.439 e. The average molecular weight is 400 g/mol. The molecule has 6 nitrogen and oxygen atoms in total. The molecule has 0 spiro atoms. The fourth-order valence-corrected chi connectivity index (χ4v) is 3.33. The van der Waals surface area contributed by atoms with Gasteiger partial charge < -0.3 is 19.7 Å². The van der Waals surface area contributed by atoms with Crippen molar-refractivity contribution in [1.29, 1.82) is 0 Å². The first-order valence-electron chi connectivity index (χ1n) is 10.2. The fourth-order valence-electron chi connectivity index (χ4n) is 3.33. The first kappa shape index (κ1) is 21.0. The Morgan fingerprint density at radius 2 is 2.07 bits per heavy atom. The maximum absolute atomic E-state index is 13.4. The van der Waals surface area contributed by atoms with Crippen molar-refractivity contribution in [2.24, 2.45) is 4.99 Å². The Bertz CT molecular complexity index is 807. The summed E-state index contributed by atoms with van der Waals surface area (Å²) in [7, 11) is 0. The zero-order valence-electron chi connectivity index (χ0n) is 17.1. The number of nitrogens with zero attached hydrogens (tertiary/aromatic N) is 3. The molecule has 29 heavy (non-hydrogen) atoms. The van der Waals surface area contributed by atoms with Crippen LogP contribution >= 0.6 is 0 Å². The highest BCUT2D eigenvalue weighted by molar-refractivity contribution is 5.80. The van der Waals surface area contributed by atoms with E-state index in [2.05, 4.69) is 22.1 Å². The fraction of sp³-hybridized carbons (Fsp3) is 0.455. The zero-order chi connectivity index (χ0) is 20.5. The van der Waals surface area contributed by atoms with E-state index < -0.39 is 0 Å². The second-order valence-corrected chi connectivity index (χ2v) is 6.84. The monoisotopic (exact) mass is 400 g/mol. The summed E-state index contributed by atoms with van der Waals surface area (Å²) in [4.78, 5) is 11.4. The normalized spacial score (nSPS) is 15.4. The first-order valence-corrected chi connectivity index (χ1v) is 10.2. The summed E-state index contributed by atoms with van der Waals surface area (Å²) in [5.74, 6) is 1.39. The van der Waals surface area contributed by atoms with Crippen molar-refractivity contribution in [2.75, 3.05) is 26.2 Å². The van der Waals surface area contributed by atoms with Crippen LogP contribution in [0.15, 0.2) is 47.6 Å². The van der Waals surface area contributed by atoms with E-state index in [1.807, 2.05) is 19.1 Å². The second kappa shape index (κ2) is 10.8. The van der Waals surface area contributed by atoms with Crippen LogP contribution in [-0.4, -0.2) is 48.2 Å². The number of piperidine rings is 1. The molecule has 0 bridgehead atoms. The van der Waals surface area contributed by atoms with Gasteiger partial charge in [-0.05, 0) is 44.9 Å². The van der Waals surface area contributed by atoms with Crippen molar-refractivity contribution in [3.63, 3.8) is 0 Å². The van der Waals surface area contributed by atoms with Gasteiger partial charge in [0.15, 0.2) is 5.96 Å². The lowest BCUT2D eigenvalue weighted by Gasteiger charge is -2.34. The van der Waals surface area contributed by atoms with Crippen molar-refractivity contribution < 1.29 is 13.9 Å². The van der Waals surface area contributed by atoms with Crippen LogP contribution < -0.4 is 10.1 Å². The van der Waals surface area contributed by atoms with Gasteiger partial charge in [-0.1, -0.05) is 12.1 Å². The summed E-state index contributed by atoms with van der Waals surface area (Å²) in [6, 6.07) is 9.82.